The predicted molar refractivity (Wildman–Crippen MR) is 71.7 cm³/mol. The summed E-state index contributed by atoms with van der Waals surface area (Å²) in [5, 5.41) is 3.55. The van der Waals surface area contributed by atoms with Crippen LogP contribution < -0.4 is 5.32 Å². The molecule has 1 aliphatic rings. The smallest absolute Gasteiger partial charge is 0.0102 e. The van der Waals surface area contributed by atoms with E-state index < -0.39 is 0 Å². The van der Waals surface area contributed by atoms with Gasteiger partial charge in [-0.05, 0) is 51.6 Å². The molecule has 0 radical (unpaired) electrons. The van der Waals surface area contributed by atoms with Gasteiger partial charge in [0.2, 0.25) is 0 Å². The van der Waals surface area contributed by atoms with Crippen molar-refractivity contribution in [3.63, 3.8) is 0 Å². The van der Waals surface area contributed by atoms with Gasteiger partial charge in [-0.25, -0.2) is 0 Å². The summed E-state index contributed by atoms with van der Waals surface area (Å²) < 4.78 is 0. The lowest BCUT2D eigenvalue weighted by Crippen LogP contribution is -2.48. The highest BCUT2D eigenvalue weighted by atomic mass is 15.1. The van der Waals surface area contributed by atoms with Crippen molar-refractivity contribution < 1.29 is 0 Å². The molecular weight excluding hydrogens is 196 g/mol. The highest BCUT2D eigenvalue weighted by molar-refractivity contribution is 4.88. The molecule has 1 aliphatic carbocycles. The normalized spacial score (nSPS) is 21.2. The quantitative estimate of drug-likeness (QED) is 0.718. The van der Waals surface area contributed by atoms with Crippen molar-refractivity contribution in [1.29, 1.82) is 0 Å². The minimum absolute atomic E-state index is 0.341. The van der Waals surface area contributed by atoms with Gasteiger partial charge in [-0.1, -0.05) is 20.8 Å². The summed E-state index contributed by atoms with van der Waals surface area (Å²) in [5.41, 5.74) is 0.341. The number of hydrogen-bond acceptors (Lipinski definition) is 2. The molecular formula is C14H30N2. The first kappa shape index (κ1) is 14.0. The van der Waals surface area contributed by atoms with E-state index in [1.807, 2.05) is 0 Å². The summed E-state index contributed by atoms with van der Waals surface area (Å²) in [6.45, 7) is 13.9. The predicted octanol–water partition coefficient (Wildman–Crippen LogP) is 2.74. The summed E-state index contributed by atoms with van der Waals surface area (Å²) >= 11 is 0. The average Bonchev–Trinajstić information content (AvgIpc) is 2.99. The van der Waals surface area contributed by atoms with Crippen LogP contribution in [0.5, 0.6) is 0 Å². The van der Waals surface area contributed by atoms with Crippen molar-refractivity contribution in [2.24, 2.45) is 11.3 Å². The lowest BCUT2D eigenvalue weighted by atomic mass is 9.84. The van der Waals surface area contributed by atoms with Gasteiger partial charge < -0.3 is 10.2 Å². The fourth-order valence-electron chi connectivity index (χ4n) is 2.44. The fraction of sp³-hybridized carbons (Fsp3) is 1.00. The Morgan fingerprint density at radius 2 is 1.88 bits per heavy atom. The molecule has 2 unspecified atom stereocenters. The van der Waals surface area contributed by atoms with E-state index in [1.54, 1.807) is 0 Å². The van der Waals surface area contributed by atoms with Crippen LogP contribution in [0.25, 0.3) is 0 Å². The van der Waals surface area contributed by atoms with Crippen LogP contribution in [0.1, 0.15) is 47.5 Å². The fourth-order valence-corrected chi connectivity index (χ4v) is 2.44. The van der Waals surface area contributed by atoms with Gasteiger partial charge in [0.05, 0.1) is 0 Å². The summed E-state index contributed by atoms with van der Waals surface area (Å²) in [6.07, 6.45) is 2.88. The molecule has 0 amide bonds. The first-order valence-corrected chi connectivity index (χ1v) is 6.82. The maximum atomic E-state index is 3.55. The Bertz CT molecular complexity index is 209. The van der Waals surface area contributed by atoms with Crippen LogP contribution in [0.15, 0.2) is 0 Å². The van der Waals surface area contributed by atoms with Gasteiger partial charge >= 0.3 is 0 Å². The van der Waals surface area contributed by atoms with Crippen LogP contribution >= 0.6 is 0 Å². The Morgan fingerprint density at radius 3 is 2.31 bits per heavy atom. The Hall–Kier alpha value is -0.0800. The molecule has 0 heterocycles. The van der Waals surface area contributed by atoms with Crippen molar-refractivity contribution in [1.82, 2.24) is 10.2 Å². The van der Waals surface area contributed by atoms with E-state index in [9.17, 15) is 0 Å². The van der Waals surface area contributed by atoms with E-state index in [2.05, 4.69) is 51.9 Å². The first-order chi connectivity index (χ1) is 7.38. The molecule has 2 heteroatoms. The van der Waals surface area contributed by atoms with Crippen molar-refractivity contribution in [3.8, 4) is 0 Å². The third kappa shape index (κ3) is 3.74. The van der Waals surface area contributed by atoms with Gasteiger partial charge in [-0.15, -0.1) is 0 Å². The molecule has 0 aliphatic heterocycles. The molecule has 0 aromatic carbocycles. The zero-order valence-corrected chi connectivity index (χ0v) is 12.0. The SMILES string of the molecule is CCNC(C)C(C)(C)CN(C)C(C)C1CC1. The topological polar surface area (TPSA) is 15.3 Å². The molecule has 16 heavy (non-hydrogen) atoms. The van der Waals surface area contributed by atoms with Crippen LogP contribution in [0.2, 0.25) is 0 Å². The van der Waals surface area contributed by atoms with Crippen LogP contribution in [0, 0.1) is 11.3 Å². The zero-order valence-electron chi connectivity index (χ0n) is 12.0. The van der Waals surface area contributed by atoms with Crippen LogP contribution in [-0.4, -0.2) is 37.1 Å². The molecule has 0 saturated heterocycles. The molecule has 1 N–H and O–H groups in total. The monoisotopic (exact) mass is 226 g/mol. The second-order valence-corrected chi connectivity index (χ2v) is 6.26. The minimum atomic E-state index is 0.341. The summed E-state index contributed by atoms with van der Waals surface area (Å²) in [5.74, 6) is 0.968. The Morgan fingerprint density at radius 1 is 1.31 bits per heavy atom. The van der Waals surface area contributed by atoms with Gasteiger partial charge in [0, 0.05) is 18.6 Å². The first-order valence-electron chi connectivity index (χ1n) is 6.82. The Labute approximate surface area is 102 Å². The molecule has 96 valence electrons. The number of nitrogens with one attached hydrogen (secondary N) is 1. The highest BCUT2D eigenvalue weighted by Crippen LogP contribution is 2.35. The van der Waals surface area contributed by atoms with Gasteiger partial charge in [0.15, 0.2) is 0 Å². The van der Waals surface area contributed by atoms with Crippen molar-refractivity contribution in [3.05, 3.63) is 0 Å². The summed E-state index contributed by atoms with van der Waals surface area (Å²) in [7, 11) is 2.28. The second-order valence-electron chi connectivity index (χ2n) is 6.26. The van der Waals surface area contributed by atoms with Crippen LogP contribution in [0.3, 0.4) is 0 Å². The van der Waals surface area contributed by atoms with Crippen molar-refractivity contribution in [2.75, 3.05) is 20.1 Å². The Balaban J connectivity index is 2.43. The summed E-state index contributed by atoms with van der Waals surface area (Å²) in [4.78, 5) is 2.55. The second kappa shape index (κ2) is 5.50. The third-order valence-corrected chi connectivity index (χ3v) is 4.34. The number of nitrogens with zero attached hydrogens (tertiary/aromatic N) is 1. The maximum Gasteiger partial charge on any atom is 0.0102 e. The zero-order chi connectivity index (χ0) is 12.3. The molecule has 2 nitrogen and oxygen atoms in total. The van der Waals surface area contributed by atoms with Crippen LogP contribution in [0.4, 0.5) is 0 Å². The molecule has 0 aromatic heterocycles. The Kier molecular flexibility index (Phi) is 4.81. The van der Waals surface area contributed by atoms with Gasteiger partial charge in [0.1, 0.15) is 0 Å². The molecule has 1 fully saturated rings. The third-order valence-electron chi connectivity index (χ3n) is 4.34. The molecule has 0 aromatic rings. The van der Waals surface area contributed by atoms with Crippen LogP contribution in [-0.2, 0) is 0 Å². The lowest BCUT2D eigenvalue weighted by molar-refractivity contribution is 0.127. The molecule has 1 saturated carbocycles. The average molecular weight is 226 g/mol. The van der Waals surface area contributed by atoms with E-state index in [0.717, 1.165) is 18.5 Å². The van der Waals surface area contributed by atoms with E-state index in [-0.39, 0.29) is 0 Å². The van der Waals surface area contributed by atoms with Crippen molar-refractivity contribution in [2.45, 2.75) is 59.5 Å². The van der Waals surface area contributed by atoms with Gasteiger partial charge in [0.25, 0.3) is 0 Å². The maximum absolute atomic E-state index is 3.55. The molecule has 2 atom stereocenters. The highest BCUT2D eigenvalue weighted by Gasteiger charge is 2.34. The lowest BCUT2D eigenvalue weighted by Gasteiger charge is -2.38. The van der Waals surface area contributed by atoms with Crippen molar-refractivity contribution >= 4 is 0 Å². The summed E-state index contributed by atoms with van der Waals surface area (Å²) in [6, 6.07) is 1.33. The van der Waals surface area contributed by atoms with E-state index >= 15 is 0 Å². The van der Waals surface area contributed by atoms with Gasteiger partial charge in [-0.3, -0.25) is 0 Å². The molecule has 1 rings (SSSR count). The standard InChI is InChI=1S/C14H30N2/c1-7-15-12(3)14(4,5)10-16(6)11(2)13-8-9-13/h11-13,15H,7-10H2,1-6H3. The van der Waals surface area contributed by atoms with E-state index in [1.165, 1.54) is 19.4 Å². The van der Waals surface area contributed by atoms with E-state index in [0.29, 0.717) is 11.5 Å². The number of hydrogen-bond donors (Lipinski definition) is 1. The van der Waals surface area contributed by atoms with E-state index in [4.69, 9.17) is 0 Å². The molecule has 0 bridgehead atoms. The molecule has 0 spiro atoms. The van der Waals surface area contributed by atoms with Gasteiger partial charge in [-0.2, -0.15) is 0 Å². The number of rotatable bonds is 7. The minimum Gasteiger partial charge on any atom is -0.314 e. The largest absolute Gasteiger partial charge is 0.314 e.